The lowest BCUT2D eigenvalue weighted by Gasteiger charge is -2.21. The van der Waals surface area contributed by atoms with Gasteiger partial charge in [-0.1, -0.05) is 30.3 Å². The lowest BCUT2D eigenvalue weighted by molar-refractivity contribution is 0.108. The Hall–Kier alpha value is -2.16. The molecule has 2 rings (SSSR count). The van der Waals surface area contributed by atoms with Crippen LogP contribution in [0.3, 0.4) is 0 Å². The summed E-state index contributed by atoms with van der Waals surface area (Å²) in [6.07, 6.45) is 0.767. The van der Waals surface area contributed by atoms with Gasteiger partial charge in [-0.25, -0.2) is 4.98 Å². The molecule has 0 saturated heterocycles. The highest BCUT2D eigenvalue weighted by Gasteiger charge is 2.16. The monoisotopic (exact) mass is 255 g/mol. The first-order valence-corrected chi connectivity index (χ1v) is 6.20. The second-order valence-electron chi connectivity index (χ2n) is 5.29. The summed E-state index contributed by atoms with van der Waals surface area (Å²) in [5.74, 6) is 0.379. The van der Waals surface area contributed by atoms with Crippen LogP contribution in [0.1, 0.15) is 31.1 Å². The van der Waals surface area contributed by atoms with E-state index in [-0.39, 0.29) is 5.60 Å². The zero-order chi connectivity index (χ0) is 13.9. The van der Waals surface area contributed by atoms with Crippen molar-refractivity contribution in [2.24, 2.45) is 0 Å². The van der Waals surface area contributed by atoms with Crippen molar-refractivity contribution in [1.82, 2.24) is 4.98 Å². The van der Waals surface area contributed by atoms with E-state index in [1.54, 1.807) is 6.07 Å². The maximum Gasteiger partial charge on any atom is 0.225 e. The first-order chi connectivity index (χ1) is 8.99. The number of aromatic nitrogens is 1. The van der Waals surface area contributed by atoms with Crippen LogP contribution in [0, 0.1) is 0 Å². The van der Waals surface area contributed by atoms with Crippen molar-refractivity contribution >= 4 is 6.29 Å². The molecule has 3 nitrogen and oxygen atoms in total. The SMILES string of the molecule is CC(C)(C)Oc1nc(-c2ccccc2)ccc1C=O. The predicted octanol–water partition coefficient (Wildman–Crippen LogP) is 3.74. The molecule has 1 aromatic carbocycles. The Kier molecular flexibility index (Phi) is 3.65. The molecule has 0 aliphatic carbocycles. The molecule has 0 amide bonds. The van der Waals surface area contributed by atoms with Gasteiger partial charge in [-0.3, -0.25) is 4.79 Å². The minimum absolute atomic E-state index is 0.379. The van der Waals surface area contributed by atoms with Crippen LogP contribution >= 0.6 is 0 Å². The van der Waals surface area contributed by atoms with Gasteiger partial charge in [0.25, 0.3) is 0 Å². The van der Waals surface area contributed by atoms with E-state index in [0.717, 1.165) is 17.5 Å². The highest BCUT2D eigenvalue weighted by Crippen LogP contribution is 2.24. The van der Waals surface area contributed by atoms with Crippen LogP contribution < -0.4 is 4.74 Å². The van der Waals surface area contributed by atoms with Crippen molar-refractivity contribution in [3.05, 3.63) is 48.0 Å². The number of hydrogen-bond donors (Lipinski definition) is 0. The van der Waals surface area contributed by atoms with Crippen molar-refractivity contribution in [3.8, 4) is 17.1 Å². The normalized spacial score (nSPS) is 11.1. The summed E-state index contributed by atoms with van der Waals surface area (Å²) < 4.78 is 5.74. The Morgan fingerprint density at radius 3 is 2.32 bits per heavy atom. The van der Waals surface area contributed by atoms with Gasteiger partial charge in [0.05, 0.1) is 11.3 Å². The van der Waals surface area contributed by atoms with Crippen LogP contribution in [-0.2, 0) is 0 Å². The third kappa shape index (κ3) is 3.41. The quantitative estimate of drug-likeness (QED) is 0.784. The fraction of sp³-hybridized carbons (Fsp3) is 0.250. The Labute approximate surface area is 113 Å². The molecule has 0 atom stereocenters. The van der Waals surface area contributed by atoms with Gasteiger partial charge in [-0.05, 0) is 32.9 Å². The summed E-state index contributed by atoms with van der Waals surface area (Å²) in [6.45, 7) is 5.79. The number of hydrogen-bond acceptors (Lipinski definition) is 3. The number of rotatable bonds is 3. The van der Waals surface area contributed by atoms with Crippen LogP contribution in [0.5, 0.6) is 5.88 Å². The molecular weight excluding hydrogens is 238 g/mol. The van der Waals surface area contributed by atoms with E-state index in [0.29, 0.717) is 11.4 Å². The van der Waals surface area contributed by atoms with Gasteiger partial charge in [-0.2, -0.15) is 0 Å². The molecule has 0 bridgehead atoms. The van der Waals surface area contributed by atoms with E-state index in [1.807, 2.05) is 57.2 Å². The third-order valence-corrected chi connectivity index (χ3v) is 2.49. The fourth-order valence-electron chi connectivity index (χ4n) is 1.68. The van der Waals surface area contributed by atoms with Crippen molar-refractivity contribution in [2.45, 2.75) is 26.4 Å². The third-order valence-electron chi connectivity index (χ3n) is 2.49. The number of nitrogens with zero attached hydrogens (tertiary/aromatic N) is 1. The smallest absolute Gasteiger partial charge is 0.225 e. The van der Waals surface area contributed by atoms with Crippen molar-refractivity contribution < 1.29 is 9.53 Å². The van der Waals surface area contributed by atoms with E-state index >= 15 is 0 Å². The molecular formula is C16H17NO2. The van der Waals surface area contributed by atoms with Gasteiger partial charge in [0, 0.05) is 5.56 Å². The van der Waals surface area contributed by atoms with Gasteiger partial charge in [-0.15, -0.1) is 0 Å². The molecule has 19 heavy (non-hydrogen) atoms. The maximum atomic E-state index is 11.0. The molecule has 98 valence electrons. The fourth-order valence-corrected chi connectivity index (χ4v) is 1.68. The zero-order valence-electron chi connectivity index (χ0n) is 11.4. The number of benzene rings is 1. The van der Waals surface area contributed by atoms with E-state index in [1.165, 1.54) is 0 Å². The Morgan fingerprint density at radius 2 is 1.74 bits per heavy atom. The summed E-state index contributed by atoms with van der Waals surface area (Å²) in [5, 5.41) is 0. The summed E-state index contributed by atoms with van der Waals surface area (Å²) >= 11 is 0. The van der Waals surface area contributed by atoms with Gasteiger partial charge in [0.2, 0.25) is 5.88 Å². The lowest BCUT2D eigenvalue weighted by Crippen LogP contribution is -2.24. The topological polar surface area (TPSA) is 39.2 Å². The Bertz CT molecular complexity index is 571. The summed E-state index contributed by atoms with van der Waals surface area (Å²) in [6, 6.07) is 13.4. The molecule has 0 unspecified atom stereocenters. The standard InChI is InChI=1S/C16H17NO2/c1-16(2,3)19-15-13(11-18)9-10-14(17-15)12-7-5-4-6-8-12/h4-11H,1-3H3. The minimum Gasteiger partial charge on any atom is -0.471 e. The zero-order valence-corrected chi connectivity index (χ0v) is 11.4. The first-order valence-electron chi connectivity index (χ1n) is 6.20. The largest absolute Gasteiger partial charge is 0.471 e. The molecule has 0 spiro atoms. The molecule has 0 aliphatic rings. The van der Waals surface area contributed by atoms with Gasteiger partial charge in [0.15, 0.2) is 6.29 Å². The van der Waals surface area contributed by atoms with Crippen molar-refractivity contribution in [3.63, 3.8) is 0 Å². The van der Waals surface area contributed by atoms with E-state index in [2.05, 4.69) is 4.98 Å². The highest BCUT2D eigenvalue weighted by atomic mass is 16.5. The van der Waals surface area contributed by atoms with E-state index < -0.39 is 0 Å². The van der Waals surface area contributed by atoms with Crippen LogP contribution in [0.4, 0.5) is 0 Å². The van der Waals surface area contributed by atoms with Gasteiger partial charge >= 0.3 is 0 Å². The molecule has 1 aromatic heterocycles. The first kappa shape index (κ1) is 13.3. The Balaban J connectivity index is 2.44. The maximum absolute atomic E-state index is 11.0. The second kappa shape index (κ2) is 5.22. The van der Waals surface area contributed by atoms with Gasteiger partial charge < -0.3 is 4.74 Å². The summed E-state index contributed by atoms with van der Waals surface area (Å²) in [7, 11) is 0. The van der Waals surface area contributed by atoms with Crippen LogP contribution in [-0.4, -0.2) is 16.9 Å². The second-order valence-corrected chi connectivity index (χ2v) is 5.29. The van der Waals surface area contributed by atoms with Gasteiger partial charge in [0.1, 0.15) is 5.60 Å². The average Bonchev–Trinajstić information content (AvgIpc) is 2.38. The van der Waals surface area contributed by atoms with E-state index in [9.17, 15) is 4.79 Å². The number of pyridine rings is 1. The minimum atomic E-state index is -0.389. The number of carbonyl (C=O) groups is 1. The lowest BCUT2D eigenvalue weighted by atomic mass is 10.1. The Morgan fingerprint density at radius 1 is 1.05 bits per heavy atom. The molecule has 0 radical (unpaired) electrons. The summed E-state index contributed by atoms with van der Waals surface area (Å²) in [5.41, 5.74) is 1.87. The molecule has 0 saturated carbocycles. The molecule has 0 fully saturated rings. The highest BCUT2D eigenvalue weighted by molar-refractivity contribution is 5.79. The number of carbonyl (C=O) groups excluding carboxylic acids is 1. The molecule has 3 heteroatoms. The van der Waals surface area contributed by atoms with Crippen LogP contribution in [0.25, 0.3) is 11.3 Å². The molecule has 1 heterocycles. The molecule has 2 aromatic rings. The van der Waals surface area contributed by atoms with Crippen molar-refractivity contribution in [2.75, 3.05) is 0 Å². The van der Waals surface area contributed by atoms with Crippen LogP contribution in [0.2, 0.25) is 0 Å². The average molecular weight is 255 g/mol. The van der Waals surface area contributed by atoms with E-state index in [4.69, 9.17) is 4.74 Å². The molecule has 0 N–H and O–H groups in total. The molecule has 0 aliphatic heterocycles. The number of aldehydes is 1. The van der Waals surface area contributed by atoms with Crippen molar-refractivity contribution in [1.29, 1.82) is 0 Å². The predicted molar refractivity (Wildman–Crippen MR) is 75.4 cm³/mol. The number of ether oxygens (including phenoxy) is 1. The summed E-state index contributed by atoms with van der Waals surface area (Å²) in [4.78, 5) is 15.5. The van der Waals surface area contributed by atoms with Crippen LogP contribution in [0.15, 0.2) is 42.5 Å².